The first-order chi connectivity index (χ1) is 19.5. The lowest BCUT2D eigenvalue weighted by Crippen LogP contribution is -2.53. The normalized spacial score (nSPS) is 20.6. The Labute approximate surface area is 248 Å². The van der Waals surface area contributed by atoms with Crippen LogP contribution in [0.2, 0.25) is 10.0 Å². The number of carbonyl (C=O) groups is 4. The van der Waals surface area contributed by atoms with Crippen molar-refractivity contribution in [2.75, 3.05) is 36.9 Å². The van der Waals surface area contributed by atoms with Gasteiger partial charge in [0.2, 0.25) is 5.91 Å². The third-order valence-corrected chi connectivity index (χ3v) is 8.42. The van der Waals surface area contributed by atoms with Gasteiger partial charge in [0.15, 0.2) is 5.13 Å². The summed E-state index contributed by atoms with van der Waals surface area (Å²) in [5, 5.41) is 23.2. The van der Waals surface area contributed by atoms with Crippen LogP contribution >= 0.6 is 34.5 Å². The van der Waals surface area contributed by atoms with Gasteiger partial charge in [0.25, 0.3) is 5.91 Å². The van der Waals surface area contributed by atoms with Gasteiger partial charge < -0.3 is 15.3 Å². The average Bonchev–Trinajstić information content (AvgIpc) is 3.56. The number of likely N-dealkylation sites (tertiary alicyclic amines) is 1. The molecule has 3 aromatic rings. The summed E-state index contributed by atoms with van der Waals surface area (Å²) in [6, 6.07) is 12.8. The number of amides is 4. The summed E-state index contributed by atoms with van der Waals surface area (Å²) in [7, 11) is 1.55. The maximum Gasteiger partial charge on any atom is 0.332 e. The first-order valence-corrected chi connectivity index (χ1v) is 13.9. The summed E-state index contributed by atoms with van der Waals surface area (Å²) in [6.07, 6.45) is -0.260. The number of hydrogen-bond acceptors (Lipinski definition) is 8. The molecule has 210 valence electrons. The number of thiazole rings is 1. The van der Waals surface area contributed by atoms with Crippen molar-refractivity contribution in [2.24, 2.45) is 0 Å². The van der Waals surface area contributed by atoms with Crippen LogP contribution in [0.1, 0.15) is 22.7 Å². The highest BCUT2D eigenvalue weighted by Gasteiger charge is 2.64. The van der Waals surface area contributed by atoms with Crippen molar-refractivity contribution in [3.05, 3.63) is 74.7 Å². The minimum atomic E-state index is -1.36. The number of hydrogen-bond donors (Lipinski definition) is 2. The molecule has 3 heterocycles. The number of urea groups is 1. The molecule has 2 fully saturated rings. The van der Waals surface area contributed by atoms with Crippen LogP contribution in [0.25, 0.3) is 0 Å². The predicted molar refractivity (Wildman–Crippen MR) is 152 cm³/mol. The molecular weight excluding hydrogens is 591 g/mol. The Morgan fingerprint density at radius 2 is 1.88 bits per heavy atom. The van der Waals surface area contributed by atoms with E-state index in [2.05, 4.69) is 16.4 Å². The zero-order valence-corrected chi connectivity index (χ0v) is 23.8. The molecule has 2 saturated heterocycles. The van der Waals surface area contributed by atoms with Crippen molar-refractivity contribution in [2.45, 2.75) is 17.9 Å². The predicted octanol–water partition coefficient (Wildman–Crippen LogP) is 3.82. The number of aromatic nitrogens is 1. The second kappa shape index (κ2) is 11.1. The van der Waals surface area contributed by atoms with Crippen molar-refractivity contribution < 1.29 is 24.3 Å². The smallest absolute Gasteiger partial charge is 0.332 e. The maximum absolute atomic E-state index is 14.2. The molecule has 2 atom stereocenters. The fraction of sp³-hybridized carbons (Fsp3) is 0.259. The number of nitrogens with zero attached hydrogens (tertiary/aromatic N) is 5. The Morgan fingerprint density at radius 3 is 2.51 bits per heavy atom. The second-order valence-corrected chi connectivity index (χ2v) is 11.5. The fourth-order valence-electron chi connectivity index (χ4n) is 5.38. The molecule has 2 aliphatic rings. The number of nitriles is 1. The molecule has 1 aromatic heterocycles. The van der Waals surface area contributed by atoms with E-state index in [1.165, 1.54) is 23.1 Å². The standard InChI is InChI=1S/C27H22Cl2N6O5S/c1-33-26(40)35(20-7-17(28)6-18(29)8-20)24(39)27(33)14-34(11-21(27)16-4-2-15(10-30)3-5-16)12-22(36)32-25-31-19(13-41-25)9-23(37)38/h2-8,13,21H,9,11-12,14H2,1H3,(H,37,38)(H,31,32,36)/t21-,27+/m0/s1. The van der Waals surface area contributed by atoms with Crippen molar-refractivity contribution in [1.29, 1.82) is 5.26 Å². The number of rotatable bonds is 7. The monoisotopic (exact) mass is 612 g/mol. The first kappa shape index (κ1) is 28.5. The fourth-order valence-corrected chi connectivity index (χ4v) is 6.62. The van der Waals surface area contributed by atoms with E-state index >= 15 is 0 Å². The zero-order chi connectivity index (χ0) is 29.5. The van der Waals surface area contributed by atoms with E-state index in [4.69, 9.17) is 28.3 Å². The van der Waals surface area contributed by atoms with Gasteiger partial charge in [-0.3, -0.25) is 19.3 Å². The van der Waals surface area contributed by atoms with Crippen molar-refractivity contribution >= 4 is 69.2 Å². The molecule has 2 N–H and O–H groups in total. The zero-order valence-electron chi connectivity index (χ0n) is 21.5. The number of carbonyl (C=O) groups excluding carboxylic acids is 3. The van der Waals surface area contributed by atoms with Crippen LogP contribution in [0.4, 0.5) is 15.6 Å². The summed E-state index contributed by atoms with van der Waals surface area (Å²) in [5.41, 5.74) is 0.369. The molecule has 0 saturated carbocycles. The molecule has 0 unspecified atom stereocenters. The molecule has 14 heteroatoms. The van der Waals surface area contributed by atoms with Gasteiger partial charge in [-0.1, -0.05) is 35.3 Å². The van der Waals surface area contributed by atoms with Crippen molar-refractivity contribution in [3.63, 3.8) is 0 Å². The topological polar surface area (TPSA) is 147 Å². The number of carboxylic acid groups (broad SMARTS) is 1. The Bertz CT molecular complexity index is 1590. The number of halogens is 2. The van der Waals surface area contributed by atoms with Gasteiger partial charge in [-0.25, -0.2) is 14.7 Å². The van der Waals surface area contributed by atoms with E-state index in [1.807, 2.05) is 0 Å². The average molecular weight is 613 g/mol. The number of anilines is 2. The van der Waals surface area contributed by atoms with Gasteiger partial charge in [-0.15, -0.1) is 11.3 Å². The van der Waals surface area contributed by atoms with E-state index in [0.29, 0.717) is 11.3 Å². The number of likely N-dealkylation sites (N-methyl/N-ethyl adjacent to an activating group) is 1. The van der Waals surface area contributed by atoms with Crippen LogP contribution < -0.4 is 10.2 Å². The van der Waals surface area contributed by atoms with E-state index in [0.717, 1.165) is 21.8 Å². The van der Waals surface area contributed by atoms with Gasteiger partial charge in [0.1, 0.15) is 5.54 Å². The van der Waals surface area contributed by atoms with Gasteiger partial charge in [-0.05, 0) is 35.9 Å². The second-order valence-electron chi connectivity index (χ2n) is 9.75. The lowest BCUT2D eigenvalue weighted by Gasteiger charge is -2.34. The van der Waals surface area contributed by atoms with E-state index < -0.39 is 35.3 Å². The Hall–Kier alpha value is -4.02. The van der Waals surface area contributed by atoms with Gasteiger partial charge in [0.05, 0.1) is 36.0 Å². The van der Waals surface area contributed by atoms with Crippen LogP contribution in [0.15, 0.2) is 47.8 Å². The highest BCUT2D eigenvalue weighted by molar-refractivity contribution is 7.13. The molecule has 0 bridgehead atoms. The highest BCUT2D eigenvalue weighted by Crippen LogP contribution is 2.46. The Morgan fingerprint density at radius 1 is 1.20 bits per heavy atom. The summed E-state index contributed by atoms with van der Waals surface area (Å²) in [6.45, 7) is 0.203. The minimum absolute atomic E-state index is 0.0547. The quantitative estimate of drug-likeness (QED) is 0.383. The van der Waals surface area contributed by atoms with E-state index in [1.54, 1.807) is 41.6 Å². The van der Waals surface area contributed by atoms with Gasteiger partial charge in [0, 0.05) is 41.5 Å². The SMILES string of the molecule is CN1C(=O)N(c2cc(Cl)cc(Cl)c2)C(=O)[C@]12CN(CC(=O)Nc1nc(CC(=O)O)cs1)C[C@H]2c1ccc(C#N)cc1. The molecule has 0 radical (unpaired) electrons. The number of imide groups is 1. The minimum Gasteiger partial charge on any atom is -0.481 e. The van der Waals surface area contributed by atoms with Crippen LogP contribution in [-0.4, -0.2) is 75.9 Å². The number of benzene rings is 2. The molecule has 2 aliphatic heterocycles. The molecule has 1 spiro atoms. The number of nitrogens with one attached hydrogen (secondary N) is 1. The lowest BCUT2D eigenvalue weighted by atomic mass is 9.80. The molecule has 0 aliphatic carbocycles. The van der Waals surface area contributed by atoms with Gasteiger partial charge in [-0.2, -0.15) is 5.26 Å². The maximum atomic E-state index is 14.2. The van der Waals surface area contributed by atoms with Crippen LogP contribution in [-0.2, 0) is 20.8 Å². The van der Waals surface area contributed by atoms with Crippen molar-refractivity contribution in [3.8, 4) is 6.07 Å². The summed E-state index contributed by atoms with van der Waals surface area (Å²) in [4.78, 5) is 60.1. The molecule has 2 aromatic carbocycles. The van der Waals surface area contributed by atoms with Crippen molar-refractivity contribution in [1.82, 2.24) is 14.8 Å². The molecule has 41 heavy (non-hydrogen) atoms. The summed E-state index contributed by atoms with van der Waals surface area (Å²) in [5.74, 6) is -2.46. The van der Waals surface area contributed by atoms with Crippen LogP contribution in [0, 0.1) is 11.3 Å². The number of aliphatic carboxylic acids is 1. The van der Waals surface area contributed by atoms with Crippen LogP contribution in [0.5, 0.6) is 0 Å². The lowest BCUT2D eigenvalue weighted by molar-refractivity contribution is -0.136. The molecule has 5 rings (SSSR count). The van der Waals surface area contributed by atoms with Gasteiger partial charge >= 0.3 is 12.0 Å². The molecular formula is C27H22Cl2N6O5S. The Balaban J connectivity index is 1.45. The summed E-state index contributed by atoms with van der Waals surface area (Å²) >= 11 is 13.5. The first-order valence-electron chi connectivity index (χ1n) is 12.3. The molecule has 11 nitrogen and oxygen atoms in total. The third-order valence-electron chi connectivity index (χ3n) is 7.18. The molecule has 4 amide bonds. The van der Waals surface area contributed by atoms with E-state index in [-0.39, 0.29) is 46.9 Å². The Kier molecular flexibility index (Phi) is 7.72. The third kappa shape index (κ3) is 5.37. The largest absolute Gasteiger partial charge is 0.481 e. The summed E-state index contributed by atoms with van der Waals surface area (Å²) < 4.78 is 0. The van der Waals surface area contributed by atoms with E-state index in [9.17, 15) is 24.4 Å². The van der Waals surface area contributed by atoms with Crippen LogP contribution in [0.3, 0.4) is 0 Å². The highest BCUT2D eigenvalue weighted by atomic mass is 35.5. The number of carboxylic acids is 1.